The molecule has 0 spiro atoms. The summed E-state index contributed by atoms with van der Waals surface area (Å²) >= 11 is 0. The van der Waals surface area contributed by atoms with Crippen LogP contribution in [0.1, 0.15) is 79.0 Å². The number of anilines is 3. The minimum absolute atomic E-state index is 0.0324. The fourth-order valence-electron chi connectivity index (χ4n) is 10.3. The Kier molecular flexibility index (Phi) is 9.57. The molecule has 0 atom stereocenters. The van der Waals surface area contributed by atoms with Gasteiger partial charge in [-0.1, -0.05) is 208 Å². The summed E-state index contributed by atoms with van der Waals surface area (Å²) < 4.78 is 2.47. The van der Waals surface area contributed by atoms with E-state index in [-0.39, 0.29) is 16.2 Å². The van der Waals surface area contributed by atoms with Crippen molar-refractivity contribution in [3.8, 4) is 27.9 Å². The Morgan fingerprint density at radius 3 is 1.53 bits per heavy atom. The van der Waals surface area contributed by atoms with Crippen LogP contribution in [0.3, 0.4) is 0 Å². The van der Waals surface area contributed by atoms with Gasteiger partial charge >= 0.3 is 0 Å². The van der Waals surface area contributed by atoms with Crippen molar-refractivity contribution in [1.29, 1.82) is 0 Å². The molecule has 0 fully saturated rings. The number of benzene rings is 10. The van der Waals surface area contributed by atoms with Gasteiger partial charge in [0.25, 0.3) is 0 Å². The van der Waals surface area contributed by atoms with E-state index in [1.54, 1.807) is 0 Å². The van der Waals surface area contributed by atoms with Crippen LogP contribution in [0, 0.1) is 0 Å². The lowest BCUT2D eigenvalue weighted by atomic mass is 9.78. The highest BCUT2D eigenvalue weighted by Gasteiger charge is 2.27. The topological polar surface area (TPSA) is 8.17 Å². The Hall–Kier alpha value is -7.16. The van der Waals surface area contributed by atoms with Crippen molar-refractivity contribution in [2.75, 3.05) is 4.90 Å². The van der Waals surface area contributed by atoms with E-state index in [2.05, 4.69) is 260 Å². The van der Waals surface area contributed by atoms with Gasteiger partial charge < -0.3 is 9.47 Å². The molecule has 0 aliphatic rings. The summed E-state index contributed by atoms with van der Waals surface area (Å²) in [5.41, 5.74) is 15.7. The van der Waals surface area contributed by atoms with E-state index in [1.807, 2.05) is 0 Å². The molecule has 0 saturated heterocycles. The Balaban J connectivity index is 1.23. The summed E-state index contributed by atoms with van der Waals surface area (Å²) in [5.74, 6) is 0. The van der Waals surface area contributed by atoms with Crippen LogP contribution in [-0.2, 0) is 16.2 Å². The van der Waals surface area contributed by atoms with E-state index < -0.39 is 0 Å². The second-order valence-electron chi connectivity index (χ2n) is 21.5. The first-order chi connectivity index (χ1) is 31.6. The standard InChI is InChI=1S/C64H58N2/c1-62(2,3)46-30-33-50(45-36-47(63(4,5)6)39-48(37-45)64(7,8)9)59(40-46)65(49-21-17-20-44(38-49)41-18-11-10-12-19-41)57-34-28-42-27-32-54-58(35-29-43-26-31-53(57)60(42)61(43)54)66-55-24-15-13-22-51(55)52-23-14-16-25-56(52)66/h10-40H,1-9H3. The minimum Gasteiger partial charge on any atom is -0.309 e. The van der Waals surface area contributed by atoms with Gasteiger partial charge in [0.2, 0.25) is 0 Å². The summed E-state index contributed by atoms with van der Waals surface area (Å²) in [6, 6.07) is 70.9. The maximum Gasteiger partial charge on any atom is 0.0543 e. The number of para-hydroxylation sites is 2. The van der Waals surface area contributed by atoms with Gasteiger partial charge in [-0.3, -0.25) is 0 Å². The second-order valence-corrected chi connectivity index (χ2v) is 21.5. The maximum absolute atomic E-state index is 2.57. The fourth-order valence-corrected chi connectivity index (χ4v) is 10.3. The van der Waals surface area contributed by atoms with Gasteiger partial charge in [-0.2, -0.15) is 0 Å². The van der Waals surface area contributed by atoms with Crippen molar-refractivity contribution in [3.63, 3.8) is 0 Å². The highest BCUT2D eigenvalue weighted by molar-refractivity contribution is 6.27. The summed E-state index contributed by atoms with van der Waals surface area (Å²) in [6.07, 6.45) is 0. The fraction of sp³-hybridized carbons (Fsp3) is 0.188. The molecule has 1 heterocycles. The van der Waals surface area contributed by atoms with Crippen molar-refractivity contribution in [1.82, 2.24) is 4.57 Å². The Morgan fingerprint density at radius 1 is 0.348 bits per heavy atom. The molecule has 0 radical (unpaired) electrons. The smallest absolute Gasteiger partial charge is 0.0543 e. The third kappa shape index (κ3) is 6.94. The van der Waals surface area contributed by atoms with E-state index in [9.17, 15) is 0 Å². The zero-order valence-electron chi connectivity index (χ0n) is 39.8. The lowest BCUT2D eigenvalue weighted by Crippen LogP contribution is -2.18. The van der Waals surface area contributed by atoms with Crippen molar-refractivity contribution >= 4 is 71.2 Å². The van der Waals surface area contributed by atoms with E-state index >= 15 is 0 Å². The van der Waals surface area contributed by atoms with Gasteiger partial charge in [0.1, 0.15) is 0 Å². The third-order valence-corrected chi connectivity index (χ3v) is 14.0. The maximum atomic E-state index is 2.57. The summed E-state index contributed by atoms with van der Waals surface area (Å²) in [5, 5.41) is 10.1. The van der Waals surface area contributed by atoms with Crippen molar-refractivity contribution in [2.45, 2.75) is 78.6 Å². The van der Waals surface area contributed by atoms with Crippen LogP contribution in [0.4, 0.5) is 17.1 Å². The lowest BCUT2D eigenvalue weighted by Gasteiger charge is -2.33. The average molecular weight is 855 g/mol. The van der Waals surface area contributed by atoms with Gasteiger partial charge in [0.05, 0.1) is 28.1 Å². The average Bonchev–Trinajstić information content (AvgIpc) is 3.64. The Bertz CT molecular complexity index is 3550. The molecule has 11 aromatic rings. The van der Waals surface area contributed by atoms with E-state index in [0.29, 0.717) is 0 Å². The number of rotatable bonds is 6. The first-order valence-electron chi connectivity index (χ1n) is 23.6. The van der Waals surface area contributed by atoms with Crippen LogP contribution in [0.5, 0.6) is 0 Å². The number of nitrogens with zero attached hydrogens (tertiary/aromatic N) is 2. The second kappa shape index (κ2) is 15.2. The molecule has 0 amide bonds. The highest BCUT2D eigenvalue weighted by atomic mass is 15.1. The van der Waals surface area contributed by atoms with Gasteiger partial charge in [-0.15, -0.1) is 0 Å². The first kappa shape index (κ1) is 41.5. The molecular formula is C64H58N2. The van der Waals surface area contributed by atoms with E-state index in [1.165, 1.54) is 104 Å². The molecule has 66 heavy (non-hydrogen) atoms. The highest BCUT2D eigenvalue weighted by Crippen LogP contribution is 2.50. The minimum atomic E-state index is -0.0828. The van der Waals surface area contributed by atoms with Crippen molar-refractivity contribution < 1.29 is 0 Å². The predicted molar refractivity (Wildman–Crippen MR) is 286 cm³/mol. The van der Waals surface area contributed by atoms with Gasteiger partial charge in [0, 0.05) is 32.8 Å². The zero-order valence-corrected chi connectivity index (χ0v) is 39.8. The molecule has 0 aliphatic carbocycles. The van der Waals surface area contributed by atoms with Crippen molar-refractivity contribution in [3.05, 3.63) is 205 Å². The number of hydrogen-bond acceptors (Lipinski definition) is 1. The van der Waals surface area contributed by atoms with Crippen LogP contribution in [-0.4, -0.2) is 4.57 Å². The number of aromatic nitrogens is 1. The summed E-state index contributed by atoms with van der Waals surface area (Å²) in [7, 11) is 0. The zero-order chi connectivity index (χ0) is 45.7. The van der Waals surface area contributed by atoms with Crippen molar-refractivity contribution in [2.24, 2.45) is 0 Å². The summed E-state index contributed by atoms with van der Waals surface area (Å²) in [6.45, 7) is 21.0. The monoisotopic (exact) mass is 854 g/mol. The molecule has 324 valence electrons. The van der Waals surface area contributed by atoms with Gasteiger partial charge in [-0.25, -0.2) is 0 Å². The molecule has 0 saturated carbocycles. The molecular weight excluding hydrogens is 797 g/mol. The third-order valence-electron chi connectivity index (χ3n) is 14.0. The van der Waals surface area contributed by atoms with Crippen LogP contribution >= 0.6 is 0 Å². The lowest BCUT2D eigenvalue weighted by molar-refractivity contribution is 0.569. The summed E-state index contributed by atoms with van der Waals surface area (Å²) in [4.78, 5) is 2.57. The van der Waals surface area contributed by atoms with Crippen LogP contribution in [0.2, 0.25) is 0 Å². The predicted octanol–water partition coefficient (Wildman–Crippen LogP) is 18.4. The molecule has 10 aromatic carbocycles. The molecule has 2 nitrogen and oxygen atoms in total. The van der Waals surface area contributed by atoms with Crippen LogP contribution in [0.15, 0.2) is 188 Å². The molecule has 0 aliphatic heterocycles. The van der Waals surface area contributed by atoms with Gasteiger partial charge in [-0.05, 0) is 114 Å². The van der Waals surface area contributed by atoms with E-state index in [0.717, 1.165) is 11.4 Å². The van der Waals surface area contributed by atoms with Crippen LogP contribution in [0.25, 0.3) is 82.1 Å². The quantitative estimate of drug-likeness (QED) is 0.151. The number of hydrogen-bond donors (Lipinski definition) is 0. The Morgan fingerprint density at radius 2 is 0.894 bits per heavy atom. The Labute approximate surface area is 390 Å². The normalized spacial score (nSPS) is 12.6. The molecule has 0 bridgehead atoms. The SMILES string of the molecule is CC(C)(C)c1cc(-c2ccc(C(C)(C)C)cc2N(c2cccc(-c3ccccc3)c2)c2ccc3ccc4c(-n5c6ccccc6c6ccccc65)ccc5ccc2c3c54)cc(C(C)(C)C)c1. The molecule has 0 N–H and O–H groups in total. The first-order valence-corrected chi connectivity index (χ1v) is 23.6. The number of fused-ring (bicyclic) bond motifs is 3. The van der Waals surface area contributed by atoms with Crippen LogP contribution < -0.4 is 4.90 Å². The molecule has 0 unspecified atom stereocenters. The molecule has 11 rings (SSSR count). The molecule has 2 heteroatoms. The molecule has 1 aromatic heterocycles. The largest absolute Gasteiger partial charge is 0.309 e. The van der Waals surface area contributed by atoms with Gasteiger partial charge in [0.15, 0.2) is 0 Å². The van der Waals surface area contributed by atoms with E-state index in [4.69, 9.17) is 0 Å².